The molecule has 2 aliphatic heterocycles. The molecule has 0 spiro atoms. The van der Waals surface area contributed by atoms with Gasteiger partial charge in [-0.25, -0.2) is 0 Å². The number of nitrogens with zero attached hydrogens (tertiary/aromatic N) is 3. The third-order valence-corrected chi connectivity index (χ3v) is 6.71. The van der Waals surface area contributed by atoms with Gasteiger partial charge in [-0.3, -0.25) is 15.1 Å². The fraction of sp³-hybridized carbons (Fsp3) is 0.115. The largest absolute Gasteiger partial charge is 0.416 e. The van der Waals surface area contributed by atoms with Gasteiger partial charge in [0.25, 0.3) is 5.91 Å². The average Bonchev–Trinajstić information content (AvgIpc) is 3.37. The van der Waals surface area contributed by atoms with Crippen molar-refractivity contribution in [2.45, 2.75) is 20.0 Å². The molecule has 0 unspecified atom stereocenters. The van der Waals surface area contributed by atoms with E-state index in [2.05, 4.69) is 4.99 Å². The molecule has 5 rings (SSSR count). The zero-order valence-corrected chi connectivity index (χ0v) is 19.5. The molecule has 3 heterocycles. The topological polar surface area (TPSA) is 61.5 Å². The highest BCUT2D eigenvalue weighted by atomic mass is 32.2. The van der Waals surface area contributed by atoms with E-state index in [0.29, 0.717) is 27.8 Å². The molecule has 0 aliphatic carbocycles. The number of aryl methyl sites for hydroxylation is 1. The van der Waals surface area contributed by atoms with Crippen LogP contribution < -0.4 is 0 Å². The number of aliphatic imine (C=N–C) groups is 1. The first kappa shape index (κ1) is 22.9. The molecular formula is C26H19F3N4OS. The fourth-order valence-corrected chi connectivity index (χ4v) is 5.11. The van der Waals surface area contributed by atoms with Crippen LogP contribution in [0.1, 0.15) is 28.1 Å². The van der Waals surface area contributed by atoms with Crippen molar-refractivity contribution in [1.29, 1.82) is 5.41 Å². The Morgan fingerprint density at radius 3 is 2.49 bits per heavy atom. The molecule has 0 bridgehead atoms. The molecule has 0 fully saturated rings. The number of amides is 1. The Morgan fingerprint density at radius 2 is 1.77 bits per heavy atom. The summed E-state index contributed by atoms with van der Waals surface area (Å²) in [6.45, 7) is 3.55. The Labute approximate surface area is 203 Å². The number of hydrogen-bond acceptors (Lipinski definition) is 3. The van der Waals surface area contributed by atoms with Crippen molar-refractivity contribution in [3.63, 3.8) is 0 Å². The lowest BCUT2D eigenvalue weighted by molar-refractivity contribution is -0.137. The number of benzene rings is 2. The number of hydrogen-bond donors (Lipinski definition) is 1. The summed E-state index contributed by atoms with van der Waals surface area (Å²) in [6, 6.07) is 16.4. The van der Waals surface area contributed by atoms with E-state index in [-0.39, 0.29) is 11.4 Å². The monoisotopic (exact) mass is 492 g/mol. The molecule has 0 radical (unpaired) electrons. The summed E-state index contributed by atoms with van der Waals surface area (Å²) in [7, 11) is 0. The number of amidine groups is 2. The molecule has 0 saturated heterocycles. The van der Waals surface area contributed by atoms with Crippen LogP contribution in [0.25, 0.3) is 17.5 Å². The van der Waals surface area contributed by atoms with Crippen LogP contribution in [0.15, 0.2) is 76.6 Å². The molecule has 0 atom stereocenters. The minimum Gasteiger partial charge on any atom is -0.318 e. The summed E-state index contributed by atoms with van der Waals surface area (Å²) < 4.78 is 41.4. The molecule has 9 heteroatoms. The van der Waals surface area contributed by atoms with Crippen LogP contribution in [0.4, 0.5) is 13.2 Å². The van der Waals surface area contributed by atoms with E-state index < -0.39 is 17.6 Å². The predicted octanol–water partition coefficient (Wildman–Crippen LogP) is 6.42. The van der Waals surface area contributed by atoms with E-state index in [1.807, 2.05) is 35.7 Å². The van der Waals surface area contributed by atoms with Crippen molar-refractivity contribution in [3.8, 4) is 5.69 Å². The van der Waals surface area contributed by atoms with E-state index in [1.54, 1.807) is 41.5 Å². The first-order chi connectivity index (χ1) is 16.6. The van der Waals surface area contributed by atoms with Gasteiger partial charge in [0.1, 0.15) is 5.84 Å². The number of nitrogens with one attached hydrogen (secondary N) is 1. The highest BCUT2D eigenvalue weighted by Crippen LogP contribution is 2.38. The number of fused-ring (bicyclic) bond motifs is 1. The van der Waals surface area contributed by atoms with Gasteiger partial charge in [-0.15, -0.1) is 0 Å². The minimum atomic E-state index is -4.45. The third kappa shape index (κ3) is 4.01. The standard InChI is InChI=1S/C26H19F3N4OS/c1-15-11-18(16(2)32(15)20-10-6-9-19(13-20)26(27,28)29)12-21-23(30)33-22(17-7-4-3-5-8-17)14-35-25(33)31-24(21)34/h3-14,30H,1-2H3/b21-12-,30-23?. The van der Waals surface area contributed by atoms with Crippen LogP contribution in [0.5, 0.6) is 0 Å². The second-order valence-electron chi connectivity index (χ2n) is 8.14. The van der Waals surface area contributed by atoms with Crippen molar-refractivity contribution in [1.82, 2.24) is 9.47 Å². The average molecular weight is 493 g/mol. The molecule has 2 aromatic carbocycles. The number of carbonyl (C=O) groups excluding carboxylic acids is 1. The van der Waals surface area contributed by atoms with Gasteiger partial charge in [0.15, 0.2) is 5.17 Å². The highest BCUT2D eigenvalue weighted by molar-refractivity contribution is 8.17. The van der Waals surface area contributed by atoms with E-state index in [9.17, 15) is 18.0 Å². The molecule has 35 heavy (non-hydrogen) atoms. The first-order valence-corrected chi connectivity index (χ1v) is 11.6. The lowest BCUT2D eigenvalue weighted by atomic mass is 10.1. The Balaban J connectivity index is 1.54. The second kappa shape index (κ2) is 8.42. The number of halogens is 3. The molecule has 2 aliphatic rings. The predicted molar refractivity (Wildman–Crippen MR) is 132 cm³/mol. The van der Waals surface area contributed by atoms with Gasteiger partial charge in [-0.2, -0.15) is 18.2 Å². The van der Waals surface area contributed by atoms with Crippen molar-refractivity contribution < 1.29 is 18.0 Å². The Kier molecular flexibility index (Phi) is 5.52. The van der Waals surface area contributed by atoms with Crippen LogP contribution in [0.2, 0.25) is 0 Å². The van der Waals surface area contributed by atoms with Gasteiger partial charge in [-0.05, 0) is 55.3 Å². The molecule has 0 saturated carbocycles. The van der Waals surface area contributed by atoms with Gasteiger partial charge in [0.05, 0.1) is 16.8 Å². The van der Waals surface area contributed by atoms with E-state index in [4.69, 9.17) is 5.41 Å². The van der Waals surface area contributed by atoms with Crippen LogP contribution in [0.3, 0.4) is 0 Å². The van der Waals surface area contributed by atoms with Crippen LogP contribution in [0, 0.1) is 19.3 Å². The van der Waals surface area contributed by atoms with E-state index >= 15 is 0 Å². The van der Waals surface area contributed by atoms with Gasteiger partial charge in [0, 0.05) is 22.5 Å². The Morgan fingerprint density at radius 1 is 1.03 bits per heavy atom. The van der Waals surface area contributed by atoms with Gasteiger partial charge in [0.2, 0.25) is 0 Å². The summed E-state index contributed by atoms with van der Waals surface area (Å²) in [5, 5.41) is 11.1. The summed E-state index contributed by atoms with van der Waals surface area (Å²) in [5.41, 5.74) is 3.38. The lowest BCUT2D eigenvalue weighted by Gasteiger charge is -2.26. The molecule has 176 valence electrons. The van der Waals surface area contributed by atoms with Crippen molar-refractivity contribution in [3.05, 3.63) is 99.7 Å². The van der Waals surface area contributed by atoms with E-state index in [1.165, 1.54) is 17.8 Å². The number of rotatable bonds is 3. The lowest BCUT2D eigenvalue weighted by Crippen LogP contribution is -2.38. The fourth-order valence-electron chi connectivity index (χ4n) is 4.22. The minimum absolute atomic E-state index is 0.00368. The van der Waals surface area contributed by atoms with Gasteiger partial charge < -0.3 is 4.57 Å². The van der Waals surface area contributed by atoms with Crippen LogP contribution in [-0.2, 0) is 11.0 Å². The number of aromatic nitrogens is 1. The summed E-state index contributed by atoms with van der Waals surface area (Å²) in [6.07, 6.45) is -2.87. The summed E-state index contributed by atoms with van der Waals surface area (Å²) >= 11 is 1.28. The summed E-state index contributed by atoms with van der Waals surface area (Å²) in [4.78, 5) is 18.6. The first-order valence-electron chi connectivity index (χ1n) is 10.7. The molecule has 5 nitrogen and oxygen atoms in total. The smallest absolute Gasteiger partial charge is 0.318 e. The Hall–Kier alpha value is -3.85. The van der Waals surface area contributed by atoms with Crippen molar-refractivity contribution in [2.24, 2.45) is 4.99 Å². The Bertz CT molecular complexity index is 1470. The molecule has 1 N–H and O–H groups in total. The quantitative estimate of drug-likeness (QED) is 0.430. The zero-order chi connectivity index (χ0) is 24.9. The molecule has 3 aromatic rings. The molecule has 1 amide bonds. The van der Waals surface area contributed by atoms with Crippen molar-refractivity contribution >= 4 is 40.4 Å². The summed E-state index contributed by atoms with van der Waals surface area (Å²) in [5.74, 6) is -0.524. The van der Waals surface area contributed by atoms with E-state index in [0.717, 1.165) is 23.4 Å². The SMILES string of the molecule is Cc1cc(/C=C2/C(=N)N3C(c4ccccc4)=CSC3=NC2=O)c(C)n1-c1cccc(C(F)(F)F)c1. The molecule has 1 aromatic heterocycles. The second-order valence-corrected chi connectivity index (χ2v) is 8.98. The van der Waals surface area contributed by atoms with Crippen LogP contribution >= 0.6 is 11.8 Å². The molecular weight excluding hydrogens is 473 g/mol. The third-order valence-electron chi connectivity index (χ3n) is 5.89. The maximum atomic E-state index is 13.2. The van der Waals surface area contributed by atoms with Crippen LogP contribution in [-0.4, -0.2) is 26.4 Å². The zero-order valence-electron chi connectivity index (χ0n) is 18.7. The number of carbonyl (C=O) groups is 1. The highest BCUT2D eigenvalue weighted by Gasteiger charge is 2.36. The normalized spacial score (nSPS) is 17.1. The van der Waals surface area contributed by atoms with Gasteiger partial charge in [-0.1, -0.05) is 48.2 Å². The maximum absolute atomic E-state index is 13.2. The number of thioether (sulfide) groups is 1. The van der Waals surface area contributed by atoms with Crippen molar-refractivity contribution in [2.75, 3.05) is 0 Å². The number of alkyl halides is 3. The maximum Gasteiger partial charge on any atom is 0.416 e. The van der Waals surface area contributed by atoms with Gasteiger partial charge >= 0.3 is 6.18 Å².